The van der Waals surface area contributed by atoms with Gasteiger partial charge in [0.15, 0.2) is 26.3 Å². The zero-order valence-corrected chi connectivity index (χ0v) is 51.9. The molecule has 3 rings (SSSR count). The summed E-state index contributed by atoms with van der Waals surface area (Å²) < 4.78 is 39.0. The molecular formula is C35H62Br6N8O14S4. The number of carbonyl (C=O) groups excluding carboxylic acids is 5. The molecule has 0 unspecified atom stereocenters. The lowest BCUT2D eigenvalue weighted by Gasteiger charge is -2.27. The van der Waals surface area contributed by atoms with Crippen LogP contribution in [0, 0.1) is 0 Å². The van der Waals surface area contributed by atoms with Gasteiger partial charge in [-0.3, -0.25) is 24.0 Å². The lowest BCUT2D eigenvalue weighted by Crippen LogP contribution is -2.40. The van der Waals surface area contributed by atoms with Gasteiger partial charge in [0.25, 0.3) is 0 Å². The molecule has 22 nitrogen and oxygen atoms in total. The van der Waals surface area contributed by atoms with E-state index in [1.165, 1.54) is 75.7 Å². The van der Waals surface area contributed by atoms with E-state index < -0.39 is 17.7 Å². The summed E-state index contributed by atoms with van der Waals surface area (Å²) in [5.41, 5.74) is 17.1. The molecule has 0 aromatic carbocycles. The molecule has 32 heteroatoms. The number of halogens is 6. The van der Waals surface area contributed by atoms with Gasteiger partial charge in [0.2, 0.25) is 17.6 Å². The number of nitrogens with two attached hydrogens (primary N) is 3. The molecule has 0 radical (unpaired) electrons. The normalized spacial score (nSPS) is 9.01. The molecule has 2 amide bonds. The first-order chi connectivity index (χ1) is 31.5. The smallest absolute Gasteiger partial charge is 0.310 e. The topological polar surface area (TPSA) is 320 Å². The van der Waals surface area contributed by atoms with Crippen LogP contribution in [-0.4, -0.2) is 136 Å². The Balaban J connectivity index is -0.000000126. The number of esters is 2. The number of thiocarbonyl (C=S) groups is 1. The minimum atomic E-state index is -0.630. The van der Waals surface area contributed by atoms with Gasteiger partial charge in [-0.05, 0) is 35.1 Å². The Morgan fingerprint density at radius 3 is 1.39 bits per heavy atom. The average molecular weight is 1430 g/mol. The largest absolute Gasteiger partial charge is 0.400 e. The number of alkyl halides is 1. The van der Waals surface area contributed by atoms with Crippen molar-refractivity contribution in [1.29, 1.82) is 0 Å². The second kappa shape index (κ2) is 57.3. The number of nitrogen functional groups attached to an aromatic ring is 1. The number of carbonyl (C=O) groups is 5. The van der Waals surface area contributed by atoms with Crippen LogP contribution >= 0.6 is 135 Å². The first kappa shape index (κ1) is 79.8. The Kier molecular flexibility index (Phi) is 68.2. The van der Waals surface area contributed by atoms with Gasteiger partial charge in [-0.25, -0.2) is 15.0 Å². The van der Waals surface area contributed by atoms with Crippen molar-refractivity contribution in [2.24, 2.45) is 11.5 Å². The van der Waals surface area contributed by atoms with Gasteiger partial charge in [-0.1, -0.05) is 27.3 Å². The van der Waals surface area contributed by atoms with Crippen molar-refractivity contribution in [1.82, 2.24) is 15.0 Å². The van der Waals surface area contributed by atoms with Gasteiger partial charge in [0.1, 0.15) is 13.2 Å². The van der Waals surface area contributed by atoms with Crippen molar-refractivity contribution < 1.29 is 67.0 Å². The number of thiazole rings is 3. The van der Waals surface area contributed by atoms with Crippen molar-refractivity contribution in [3.63, 3.8) is 0 Å². The van der Waals surface area contributed by atoms with Crippen LogP contribution in [0.4, 0.5) is 15.4 Å². The van der Waals surface area contributed by atoms with E-state index in [2.05, 4.69) is 147 Å². The first-order valence-corrected chi connectivity index (χ1v) is 29.8. The molecule has 3 aromatic rings. The molecule has 3 heterocycles. The standard InChI is InChI=1S/C7H9BrN2O2S.C7H10N2O2S.C6H13BrO3.C5H8N2OS.C4H6O3.C4H8O2.CH4N2S.CH4O.2Br2/c1-4(11)9-7-10-5(3-12-2)6(8)13-7;1-5(10)8-7-9-6(3-11-2)4-12-7;1-8-5-6(4-7,9-2)10-3;1-8-2-4-3-9-5(6)7-4;1-3(5)7-4(2)6;1-4(5)3-6-2;2-1(3)4;3*1-2/h3H2,1-2H3,(H,9,10,11);4H,3H2,1-2H3,(H,8,9,10);4-5H2,1-3H3;3H,2H2,1H3,(H2,6,7);1-2H3;3H2,1-2H3;(H4,2,3,4);2H,1H3;;. The second-order valence-corrected chi connectivity index (χ2v) is 15.8. The maximum atomic E-state index is 10.7. The molecule has 0 atom stereocenters. The Morgan fingerprint density at radius 1 is 0.701 bits per heavy atom. The molecule has 3 aromatic heterocycles. The summed E-state index contributed by atoms with van der Waals surface area (Å²) >= 11 is 25.9. The van der Waals surface area contributed by atoms with E-state index in [0.29, 0.717) is 47.2 Å². The third-order valence-electron chi connectivity index (χ3n) is 5.15. The van der Waals surface area contributed by atoms with Gasteiger partial charge >= 0.3 is 11.9 Å². The third kappa shape index (κ3) is 58.9. The minimum absolute atomic E-state index is 0.000000000000000222. The molecule has 0 aliphatic heterocycles. The van der Waals surface area contributed by atoms with Crippen LogP contribution in [0.5, 0.6) is 0 Å². The molecular weight excluding hydrogens is 1360 g/mol. The van der Waals surface area contributed by atoms with Crippen molar-refractivity contribution >= 4 is 185 Å². The molecule has 9 N–H and O–H groups in total. The molecule has 67 heavy (non-hydrogen) atoms. The highest BCUT2D eigenvalue weighted by molar-refractivity contribution is 9.93. The van der Waals surface area contributed by atoms with E-state index in [9.17, 15) is 24.0 Å². The van der Waals surface area contributed by atoms with E-state index >= 15 is 0 Å². The maximum Gasteiger partial charge on any atom is 0.310 e. The quantitative estimate of drug-likeness (QED) is 0.0280. The van der Waals surface area contributed by atoms with Crippen LogP contribution in [0.1, 0.15) is 51.7 Å². The highest BCUT2D eigenvalue weighted by atomic mass is 80.9. The molecule has 0 aliphatic carbocycles. The SMILES string of the molecule is BrBr.BrBr.CC(=O)OC(C)=O.CO.COCC(C)=O.COCC(CBr)(OC)OC.COCc1csc(N)n1.COCc1csc(NC(C)=O)n1.COCc1nc(NC(C)=O)sc1Br.NC(N)=S. The maximum absolute atomic E-state index is 10.7. The summed E-state index contributed by atoms with van der Waals surface area (Å²) in [5, 5.41) is 18.4. The van der Waals surface area contributed by atoms with Crippen molar-refractivity contribution in [2.45, 2.75) is 60.2 Å². The Hall–Kier alpha value is -1.31. The summed E-state index contributed by atoms with van der Waals surface area (Å²) in [5.74, 6) is -1.91. The van der Waals surface area contributed by atoms with Gasteiger partial charge in [-0.15, -0.1) is 22.7 Å². The second-order valence-electron chi connectivity index (χ2n) is 10.7. The lowest BCUT2D eigenvalue weighted by atomic mass is 10.3. The zero-order chi connectivity index (χ0) is 54.0. The Bertz CT molecular complexity index is 1660. The number of rotatable bonds is 15. The number of ether oxygens (including phenoxy) is 8. The highest BCUT2D eigenvalue weighted by Crippen LogP contribution is 2.28. The molecule has 392 valence electrons. The number of amides is 2. The zero-order valence-electron chi connectivity index (χ0n) is 39.1. The molecule has 0 saturated carbocycles. The summed E-state index contributed by atoms with van der Waals surface area (Å²) in [6.45, 7) is 8.89. The predicted molar refractivity (Wildman–Crippen MR) is 291 cm³/mol. The number of methoxy groups -OCH3 is 7. The van der Waals surface area contributed by atoms with Crippen LogP contribution < -0.4 is 27.8 Å². The number of Topliss-reactive ketones (excluding diaryl/α,β-unsaturated/α-hetero) is 1. The van der Waals surface area contributed by atoms with E-state index in [1.807, 2.05) is 10.8 Å². The average Bonchev–Trinajstić information content (AvgIpc) is 3.98. The van der Waals surface area contributed by atoms with E-state index in [1.54, 1.807) is 42.7 Å². The van der Waals surface area contributed by atoms with Crippen LogP contribution in [0.15, 0.2) is 14.5 Å². The van der Waals surface area contributed by atoms with Crippen LogP contribution in [-0.2, 0) is 81.7 Å². The van der Waals surface area contributed by atoms with E-state index in [-0.39, 0.29) is 29.3 Å². The van der Waals surface area contributed by atoms with E-state index in [0.717, 1.165) is 28.0 Å². The van der Waals surface area contributed by atoms with Crippen molar-refractivity contribution in [3.8, 4) is 0 Å². The fourth-order valence-electron chi connectivity index (χ4n) is 3.00. The van der Waals surface area contributed by atoms with Crippen LogP contribution in [0.2, 0.25) is 0 Å². The third-order valence-corrected chi connectivity index (χ3v) is 9.28. The Labute approximate surface area is 457 Å². The summed E-state index contributed by atoms with van der Waals surface area (Å²) in [6, 6.07) is 0. The Morgan fingerprint density at radius 2 is 1.12 bits per heavy atom. The molecule has 0 saturated heterocycles. The minimum Gasteiger partial charge on any atom is -0.400 e. The summed E-state index contributed by atoms with van der Waals surface area (Å²) in [4.78, 5) is 63.1. The van der Waals surface area contributed by atoms with E-state index in [4.69, 9.17) is 39.3 Å². The van der Waals surface area contributed by atoms with Gasteiger partial charge < -0.3 is 70.8 Å². The highest BCUT2D eigenvalue weighted by Gasteiger charge is 2.27. The molecule has 0 fully saturated rings. The number of aromatic nitrogens is 3. The van der Waals surface area contributed by atoms with Gasteiger partial charge in [0, 0.05) is 152 Å². The fourth-order valence-corrected chi connectivity index (χ4v) is 6.32. The van der Waals surface area contributed by atoms with Crippen molar-refractivity contribution in [3.05, 3.63) is 31.6 Å². The molecule has 0 aliphatic rings. The number of anilines is 3. The van der Waals surface area contributed by atoms with Crippen LogP contribution in [0.25, 0.3) is 0 Å². The summed E-state index contributed by atoms with van der Waals surface area (Å²) in [7, 11) is 12.1. The molecule has 0 bridgehead atoms. The summed E-state index contributed by atoms with van der Waals surface area (Å²) in [6.07, 6.45) is 0. The van der Waals surface area contributed by atoms with Crippen LogP contribution in [0.3, 0.4) is 0 Å². The number of nitrogens with one attached hydrogen (secondary N) is 2. The van der Waals surface area contributed by atoms with Gasteiger partial charge in [-0.2, -0.15) is 0 Å². The number of aliphatic hydroxyl groups excluding tert-OH is 1. The van der Waals surface area contributed by atoms with Gasteiger partial charge in [0.05, 0.1) is 46.0 Å². The number of ketones is 1. The fraction of sp³-hybridized carbons (Fsp3) is 0.571. The number of nitrogens with zero attached hydrogens (tertiary/aromatic N) is 3. The number of hydrogen-bond donors (Lipinski definition) is 6. The number of hydrogen-bond acceptors (Lipinski definition) is 22. The predicted octanol–water partition coefficient (Wildman–Crippen LogP) is 7.64. The first-order valence-electron chi connectivity index (χ1n) is 17.5. The monoisotopic (exact) mass is 1420 g/mol. The van der Waals surface area contributed by atoms with Crippen molar-refractivity contribution in [2.75, 3.05) is 91.8 Å². The molecule has 0 spiro atoms. The number of aliphatic hydroxyl groups is 1. The lowest BCUT2D eigenvalue weighted by molar-refractivity contribution is -0.214.